The fourth-order valence-corrected chi connectivity index (χ4v) is 1.98. The third-order valence-corrected chi connectivity index (χ3v) is 3.24. The van der Waals surface area contributed by atoms with Crippen LogP contribution < -0.4 is 5.32 Å². The minimum atomic E-state index is -0.920. The fraction of sp³-hybridized carbons (Fsp3) is 0.200. The Kier molecular flexibility index (Phi) is 5.27. The topological polar surface area (TPSA) is 82.5 Å². The van der Waals surface area contributed by atoms with Gasteiger partial charge in [-0.25, -0.2) is 0 Å². The van der Waals surface area contributed by atoms with Crippen LogP contribution in [-0.2, 0) is 11.4 Å². The number of amides is 1. The Morgan fingerprint density at radius 3 is 2.67 bits per heavy atom. The molecule has 110 valence electrons. The third kappa shape index (κ3) is 4.26. The maximum atomic E-state index is 11.9. The number of pyridine rings is 1. The van der Waals surface area contributed by atoms with Crippen molar-refractivity contribution in [3.05, 3.63) is 58.9 Å². The molecule has 0 saturated heterocycles. The molecule has 1 heterocycles. The minimum absolute atomic E-state index is 0.0958. The van der Waals surface area contributed by atoms with Crippen LogP contribution in [0.1, 0.15) is 23.7 Å². The molecular formula is C15H15ClN2O3. The van der Waals surface area contributed by atoms with E-state index in [0.717, 1.165) is 0 Å². The second-order valence-electron chi connectivity index (χ2n) is 4.51. The highest BCUT2D eigenvalue weighted by molar-refractivity contribution is 6.30. The number of hydrogen-bond acceptors (Lipinski definition) is 4. The fourth-order valence-electron chi connectivity index (χ4n) is 1.85. The summed E-state index contributed by atoms with van der Waals surface area (Å²) in [4.78, 5) is 15.8. The Balaban J connectivity index is 1.99. The van der Waals surface area contributed by atoms with Gasteiger partial charge in [0.25, 0.3) is 0 Å². The quantitative estimate of drug-likeness (QED) is 0.791. The van der Waals surface area contributed by atoms with Gasteiger partial charge in [-0.1, -0.05) is 23.7 Å². The van der Waals surface area contributed by atoms with Crippen LogP contribution >= 0.6 is 11.6 Å². The minimum Gasteiger partial charge on any atom is -0.392 e. The first kappa shape index (κ1) is 15.4. The smallest absolute Gasteiger partial charge is 0.227 e. The molecule has 21 heavy (non-hydrogen) atoms. The molecular weight excluding hydrogens is 292 g/mol. The molecule has 1 aromatic heterocycles. The average molecular weight is 307 g/mol. The van der Waals surface area contributed by atoms with Gasteiger partial charge in [-0.3, -0.25) is 9.78 Å². The van der Waals surface area contributed by atoms with E-state index in [1.54, 1.807) is 30.3 Å². The molecule has 0 spiro atoms. The van der Waals surface area contributed by atoms with Gasteiger partial charge in [-0.05, 0) is 23.8 Å². The van der Waals surface area contributed by atoms with Crippen molar-refractivity contribution in [3.8, 4) is 0 Å². The highest BCUT2D eigenvalue weighted by atomic mass is 35.5. The van der Waals surface area contributed by atoms with E-state index in [1.165, 1.54) is 12.4 Å². The van der Waals surface area contributed by atoms with Gasteiger partial charge >= 0.3 is 0 Å². The van der Waals surface area contributed by atoms with E-state index < -0.39 is 6.10 Å². The average Bonchev–Trinajstić information content (AvgIpc) is 2.48. The lowest BCUT2D eigenvalue weighted by Gasteiger charge is -2.12. The predicted octanol–water partition coefficient (Wildman–Crippen LogP) is 2.29. The number of nitrogens with zero attached hydrogens (tertiary/aromatic N) is 1. The van der Waals surface area contributed by atoms with Gasteiger partial charge in [-0.2, -0.15) is 0 Å². The van der Waals surface area contributed by atoms with Crippen LogP contribution in [0.3, 0.4) is 0 Å². The number of aliphatic hydroxyl groups is 2. The largest absolute Gasteiger partial charge is 0.392 e. The van der Waals surface area contributed by atoms with Gasteiger partial charge in [0.2, 0.25) is 5.91 Å². The van der Waals surface area contributed by atoms with Crippen molar-refractivity contribution in [3.63, 3.8) is 0 Å². The molecule has 6 heteroatoms. The van der Waals surface area contributed by atoms with Crippen LogP contribution in [0.5, 0.6) is 0 Å². The molecule has 0 aliphatic rings. The maximum absolute atomic E-state index is 11.9. The summed E-state index contributed by atoms with van der Waals surface area (Å²) in [6.45, 7) is -0.197. The molecule has 0 bridgehead atoms. The summed E-state index contributed by atoms with van der Waals surface area (Å²) in [5.41, 5.74) is 1.62. The predicted molar refractivity (Wildman–Crippen MR) is 79.8 cm³/mol. The second-order valence-corrected chi connectivity index (χ2v) is 4.95. The molecule has 0 aliphatic carbocycles. The van der Waals surface area contributed by atoms with Crippen LogP contribution in [0.2, 0.25) is 5.02 Å². The van der Waals surface area contributed by atoms with Crippen molar-refractivity contribution in [1.29, 1.82) is 0 Å². The van der Waals surface area contributed by atoms with Crippen LogP contribution in [0.4, 0.5) is 5.69 Å². The van der Waals surface area contributed by atoms with Crippen molar-refractivity contribution >= 4 is 23.2 Å². The first-order valence-corrected chi connectivity index (χ1v) is 6.75. The molecule has 5 nitrogen and oxygen atoms in total. The molecule has 0 saturated carbocycles. The molecule has 1 unspecified atom stereocenters. The van der Waals surface area contributed by atoms with Gasteiger partial charge in [0, 0.05) is 16.8 Å². The first-order valence-electron chi connectivity index (χ1n) is 6.37. The second kappa shape index (κ2) is 7.17. The number of hydrogen-bond donors (Lipinski definition) is 3. The number of halogens is 1. The maximum Gasteiger partial charge on any atom is 0.227 e. The molecule has 1 atom stereocenters. The standard InChI is InChI=1S/C15H15ClN2O3/c16-12-3-1-10(2-4-12)14(20)7-15(21)18-13-8-17-6-5-11(13)9-19/h1-6,8,14,19-20H,7,9H2,(H,18,21). The Morgan fingerprint density at radius 2 is 2.00 bits per heavy atom. The monoisotopic (exact) mass is 306 g/mol. The highest BCUT2D eigenvalue weighted by Crippen LogP contribution is 2.20. The van der Waals surface area contributed by atoms with Crippen LogP contribution in [-0.4, -0.2) is 21.1 Å². The summed E-state index contributed by atoms with van der Waals surface area (Å²) in [6.07, 6.45) is 1.97. The van der Waals surface area contributed by atoms with Gasteiger partial charge < -0.3 is 15.5 Å². The molecule has 1 amide bonds. The number of rotatable bonds is 5. The highest BCUT2D eigenvalue weighted by Gasteiger charge is 2.14. The first-order chi connectivity index (χ1) is 10.1. The summed E-state index contributed by atoms with van der Waals surface area (Å²) in [7, 11) is 0. The summed E-state index contributed by atoms with van der Waals surface area (Å²) >= 11 is 5.77. The number of aromatic nitrogens is 1. The zero-order valence-corrected chi connectivity index (χ0v) is 11.9. The number of anilines is 1. The molecule has 0 fully saturated rings. The van der Waals surface area contributed by atoms with Gasteiger partial charge in [0.1, 0.15) is 0 Å². The Labute approximate surface area is 127 Å². The third-order valence-electron chi connectivity index (χ3n) is 2.99. The summed E-state index contributed by atoms with van der Waals surface area (Å²) in [5.74, 6) is -0.361. The van der Waals surface area contributed by atoms with Crippen LogP contribution in [0.25, 0.3) is 0 Å². The molecule has 0 radical (unpaired) electrons. The SMILES string of the molecule is O=C(CC(O)c1ccc(Cl)cc1)Nc1cnccc1CO. The lowest BCUT2D eigenvalue weighted by molar-refractivity contribution is -0.118. The van der Waals surface area contributed by atoms with Crippen molar-refractivity contribution < 1.29 is 15.0 Å². The molecule has 2 rings (SSSR count). The zero-order chi connectivity index (χ0) is 15.2. The lowest BCUT2D eigenvalue weighted by atomic mass is 10.1. The van der Waals surface area contributed by atoms with Gasteiger partial charge in [0.15, 0.2) is 0 Å². The Morgan fingerprint density at radius 1 is 1.29 bits per heavy atom. The number of benzene rings is 1. The van der Waals surface area contributed by atoms with E-state index in [9.17, 15) is 15.0 Å². The van der Waals surface area contributed by atoms with Crippen LogP contribution in [0, 0.1) is 0 Å². The van der Waals surface area contributed by atoms with E-state index in [1.807, 2.05) is 0 Å². The van der Waals surface area contributed by atoms with Crippen molar-refractivity contribution in [2.45, 2.75) is 19.1 Å². The number of carbonyl (C=O) groups excluding carboxylic acids is 1. The molecule has 3 N–H and O–H groups in total. The van der Waals surface area contributed by atoms with E-state index >= 15 is 0 Å². The lowest BCUT2D eigenvalue weighted by Crippen LogP contribution is -2.16. The van der Waals surface area contributed by atoms with Gasteiger partial charge in [0.05, 0.1) is 31.0 Å². The van der Waals surface area contributed by atoms with Crippen molar-refractivity contribution in [2.75, 3.05) is 5.32 Å². The Hall–Kier alpha value is -1.95. The number of carbonyl (C=O) groups is 1. The van der Waals surface area contributed by atoms with Crippen LogP contribution in [0.15, 0.2) is 42.7 Å². The van der Waals surface area contributed by atoms with Crippen molar-refractivity contribution in [2.24, 2.45) is 0 Å². The molecule has 2 aromatic rings. The van der Waals surface area contributed by atoms with E-state index in [0.29, 0.717) is 21.8 Å². The molecule has 1 aromatic carbocycles. The Bertz CT molecular complexity index is 617. The van der Waals surface area contributed by atoms with E-state index in [4.69, 9.17) is 11.6 Å². The summed E-state index contributed by atoms with van der Waals surface area (Å²) in [5, 5.41) is 22.4. The summed E-state index contributed by atoms with van der Waals surface area (Å²) in [6, 6.07) is 8.27. The normalized spacial score (nSPS) is 12.0. The summed E-state index contributed by atoms with van der Waals surface area (Å²) < 4.78 is 0. The zero-order valence-electron chi connectivity index (χ0n) is 11.2. The van der Waals surface area contributed by atoms with E-state index in [-0.39, 0.29) is 18.9 Å². The number of nitrogens with one attached hydrogen (secondary N) is 1. The van der Waals surface area contributed by atoms with Crippen molar-refractivity contribution in [1.82, 2.24) is 4.98 Å². The molecule has 0 aliphatic heterocycles. The van der Waals surface area contributed by atoms with E-state index in [2.05, 4.69) is 10.3 Å². The number of aliphatic hydroxyl groups excluding tert-OH is 2. The van der Waals surface area contributed by atoms with Gasteiger partial charge in [-0.15, -0.1) is 0 Å².